The molecule has 5 rings (SSSR count). The number of carbonyl (C=O) groups is 1. The summed E-state index contributed by atoms with van der Waals surface area (Å²) < 4.78 is 19.0. The first-order valence-electron chi connectivity index (χ1n) is 12.5. The maximum absolute atomic E-state index is 13.3. The monoisotopic (exact) mass is 494 g/mol. The normalized spacial score (nSPS) is 16.9. The first-order chi connectivity index (χ1) is 17.5. The van der Waals surface area contributed by atoms with Crippen LogP contribution in [0.4, 0.5) is 11.6 Å². The van der Waals surface area contributed by atoms with Gasteiger partial charge in [-0.2, -0.15) is 4.98 Å². The molecule has 1 aromatic carbocycles. The number of hydrogen-bond donors (Lipinski definition) is 1. The number of nitrogens with zero attached hydrogens (tertiary/aromatic N) is 5. The fraction of sp³-hybridized carbons (Fsp3) is 0.500. The Bertz CT molecular complexity index is 1230. The smallest absolute Gasteiger partial charge is 0.274 e. The van der Waals surface area contributed by atoms with Gasteiger partial charge in [-0.05, 0) is 37.6 Å². The molecule has 2 aromatic heterocycles. The number of carbonyl (C=O) groups excluding carboxylic acids is 1. The first-order valence-corrected chi connectivity index (χ1v) is 12.5. The summed E-state index contributed by atoms with van der Waals surface area (Å²) in [6, 6.07) is 7.58. The van der Waals surface area contributed by atoms with Gasteiger partial charge in [0.15, 0.2) is 0 Å². The van der Waals surface area contributed by atoms with Crippen molar-refractivity contribution in [2.24, 2.45) is 7.05 Å². The lowest BCUT2D eigenvalue weighted by molar-refractivity contribution is 0.0320. The van der Waals surface area contributed by atoms with Crippen molar-refractivity contribution in [2.45, 2.75) is 13.8 Å². The molecule has 2 aliphatic heterocycles. The Morgan fingerprint density at radius 1 is 1.03 bits per heavy atom. The molecule has 4 heterocycles. The molecule has 10 nitrogen and oxygen atoms in total. The van der Waals surface area contributed by atoms with E-state index in [4.69, 9.17) is 14.2 Å². The minimum atomic E-state index is -0.297. The van der Waals surface area contributed by atoms with Gasteiger partial charge in [0.2, 0.25) is 11.8 Å². The maximum Gasteiger partial charge on any atom is 0.274 e. The fourth-order valence-corrected chi connectivity index (χ4v) is 4.64. The topological polar surface area (TPSA) is 94.0 Å². The third-order valence-corrected chi connectivity index (χ3v) is 7.04. The van der Waals surface area contributed by atoms with Crippen LogP contribution in [-0.2, 0) is 16.5 Å². The molecule has 1 amide bonds. The van der Waals surface area contributed by atoms with Crippen LogP contribution in [0.5, 0.6) is 5.88 Å². The van der Waals surface area contributed by atoms with Crippen molar-refractivity contribution in [1.82, 2.24) is 19.4 Å². The van der Waals surface area contributed by atoms with E-state index in [9.17, 15) is 4.79 Å². The minimum Gasteiger partial charge on any atom is -0.476 e. The molecule has 0 saturated carbocycles. The molecule has 0 atom stereocenters. The Morgan fingerprint density at radius 2 is 1.75 bits per heavy atom. The molecular weight excluding hydrogens is 460 g/mol. The zero-order valence-corrected chi connectivity index (χ0v) is 21.2. The molecule has 3 aromatic rings. The lowest BCUT2D eigenvalue weighted by atomic mass is 10.1. The van der Waals surface area contributed by atoms with Gasteiger partial charge < -0.3 is 29.0 Å². The average Bonchev–Trinajstić information content (AvgIpc) is 3.13. The molecule has 0 radical (unpaired) electrons. The SMILES string of the molecule is Cc1c(C)n(C)c2ccc(NC(=O)c3cc(OCCN4CCOCC4)nc(N4CCOCC4)n3)cc12. The first kappa shape index (κ1) is 24.5. The summed E-state index contributed by atoms with van der Waals surface area (Å²) in [6.07, 6.45) is 0. The van der Waals surface area contributed by atoms with E-state index in [1.807, 2.05) is 23.1 Å². The molecule has 0 bridgehead atoms. The lowest BCUT2D eigenvalue weighted by Gasteiger charge is -2.27. The number of morpholine rings is 2. The number of fused-ring (bicyclic) bond motifs is 1. The van der Waals surface area contributed by atoms with E-state index in [0.717, 1.165) is 49.4 Å². The zero-order chi connectivity index (χ0) is 25.1. The number of benzene rings is 1. The summed E-state index contributed by atoms with van der Waals surface area (Å²) in [5, 5.41) is 4.13. The predicted molar refractivity (Wildman–Crippen MR) is 138 cm³/mol. The van der Waals surface area contributed by atoms with Crippen molar-refractivity contribution in [1.29, 1.82) is 0 Å². The van der Waals surface area contributed by atoms with E-state index in [0.29, 0.717) is 44.7 Å². The van der Waals surface area contributed by atoms with Crippen molar-refractivity contribution in [3.63, 3.8) is 0 Å². The molecule has 192 valence electrons. The van der Waals surface area contributed by atoms with E-state index in [1.165, 1.54) is 11.3 Å². The van der Waals surface area contributed by atoms with E-state index >= 15 is 0 Å². The van der Waals surface area contributed by atoms with Crippen molar-refractivity contribution < 1.29 is 19.0 Å². The van der Waals surface area contributed by atoms with Crippen LogP contribution in [0.3, 0.4) is 0 Å². The van der Waals surface area contributed by atoms with E-state index in [1.54, 1.807) is 6.07 Å². The van der Waals surface area contributed by atoms with Gasteiger partial charge in [0.05, 0.1) is 26.4 Å². The predicted octanol–water partition coefficient (Wildman–Crippen LogP) is 2.39. The van der Waals surface area contributed by atoms with Crippen molar-refractivity contribution in [2.75, 3.05) is 76.0 Å². The molecular formula is C26H34N6O4. The van der Waals surface area contributed by atoms with Crippen molar-refractivity contribution in [3.8, 4) is 5.88 Å². The Labute approximate surface area is 211 Å². The lowest BCUT2D eigenvalue weighted by Crippen LogP contribution is -2.39. The number of hydrogen-bond acceptors (Lipinski definition) is 8. The number of nitrogens with one attached hydrogen (secondary N) is 1. The standard InChI is InChI=1S/C26H34N6O4/c1-18-19(2)30(3)23-5-4-20(16-21(18)23)27-25(33)22-17-24(36-15-8-31-6-11-34-12-7-31)29-26(28-22)32-9-13-35-14-10-32/h4-5,16-17H,6-15H2,1-3H3,(H,27,33). The van der Waals surface area contributed by atoms with Crippen LogP contribution < -0.4 is 15.0 Å². The van der Waals surface area contributed by atoms with Crippen LogP contribution in [0.1, 0.15) is 21.7 Å². The largest absolute Gasteiger partial charge is 0.476 e. The summed E-state index contributed by atoms with van der Waals surface area (Å²) in [5.74, 6) is 0.585. The second kappa shape index (κ2) is 10.8. The van der Waals surface area contributed by atoms with Crippen LogP contribution in [0.2, 0.25) is 0 Å². The van der Waals surface area contributed by atoms with E-state index in [2.05, 4.69) is 45.6 Å². The van der Waals surface area contributed by atoms with Crippen LogP contribution in [0.15, 0.2) is 24.3 Å². The number of rotatable bonds is 7. The van der Waals surface area contributed by atoms with Gasteiger partial charge in [-0.1, -0.05) is 0 Å². The highest BCUT2D eigenvalue weighted by molar-refractivity contribution is 6.04. The number of ether oxygens (including phenoxy) is 3. The fourth-order valence-electron chi connectivity index (χ4n) is 4.64. The highest BCUT2D eigenvalue weighted by atomic mass is 16.5. The highest BCUT2D eigenvalue weighted by Gasteiger charge is 2.20. The number of anilines is 2. The number of aryl methyl sites for hydroxylation is 2. The molecule has 0 spiro atoms. The van der Waals surface area contributed by atoms with Gasteiger partial charge in [0.1, 0.15) is 12.3 Å². The van der Waals surface area contributed by atoms with E-state index in [-0.39, 0.29) is 11.6 Å². The number of aromatic nitrogens is 3. The van der Waals surface area contributed by atoms with E-state index < -0.39 is 0 Å². The Balaban J connectivity index is 1.35. The van der Waals surface area contributed by atoms with Crippen molar-refractivity contribution in [3.05, 3.63) is 41.2 Å². The van der Waals surface area contributed by atoms with Gasteiger partial charge in [-0.3, -0.25) is 9.69 Å². The second-order valence-corrected chi connectivity index (χ2v) is 9.25. The van der Waals surface area contributed by atoms with Gasteiger partial charge in [-0.15, -0.1) is 0 Å². The minimum absolute atomic E-state index is 0.272. The van der Waals surface area contributed by atoms with Crippen molar-refractivity contribution >= 4 is 28.4 Å². The number of amides is 1. The van der Waals surface area contributed by atoms with Crippen LogP contribution in [0.25, 0.3) is 10.9 Å². The Hall–Kier alpha value is -3.21. The van der Waals surface area contributed by atoms with Crippen LogP contribution in [0, 0.1) is 13.8 Å². The summed E-state index contributed by atoms with van der Waals surface area (Å²) in [6.45, 7) is 11.3. The third-order valence-electron chi connectivity index (χ3n) is 7.04. The van der Waals surface area contributed by atoms with Crippen LogP contribution in [-0.4, -0.2) is 91.1 Å². The molecule has 2 fully saturated rings. The average molecular weight is 495 g/mol. The molecule has 0 aliphatic carbocycles. The quantitative estimate of drug-likeness (QED) is 0.535. The second-order valence-electron chi connectivity index (χ2n) is 9.25. The molecule has 1 N–H and O–H groups in total. The van der Waals surface area contributed by atoms with Gasteiger partial charge in [0.25, 0.3) is 5.91 Å². The molecule has 2 aliphatic rings. The zero-order valence-electron chi connectivity index (χ0n) is 21.2. The third kappa shape index (κ3) is 5.30. The summed E-state index contributed by atoms with van der Waals surface area (Å²) >= 11 is 0. The Morgan fingerprint density at radius 3 is 2.50 bits per heavy atom. The maximum atomic E-state index is 13.3. The van der Waals surface area contributed by atoms with Crippen LogP contribution >= 0.6 is 0 Å². The van der Waals surface area contributed by atoms with Gasteiger partial charge >= 0.3 is 0 Å². The molecule has 36 heavy (non-hydrogen) atoms. The molecule has 0 unspecified atom stereocenters. The summed E-state index contributed by atoms with van der Waals surface area (Å²) in [4.78, 5) is 26.8. The molecule has 2 saturated heterocycles. The Kier molecular flexibility index (Phi) is 7.35. The molecule has 10 heteroatoms. The highest BCUT2D eigenvalue weighted by Crippen LogP contribution is 2.27. The van der Waals surface area contributed by atoms with Gasteiger partial charge in [-0.25, -0.2) is 4.98 Å². The summed E-state index contributed by atoms with van der Waals surface area (Å²) in [7, 11) is 2.05. The summed E-state index contributed by atoms with van der Waals surface area (Å²) in [5.41, 5.74) is 4.54. The van der Waals surface area contributed by atoms with Gasteiger partial charge in [0, 0.05) is 68.1 Å².